The van der Waals surface area contributed by atoms with Crippen LogP contribution < -0.4 is 10.1 Å². The summed E-state index contributed by atoms with van der Waals surface area (Å²) in [6, 6.07) is 10.8. The highest BCUT2D eigenvalue weighted by atomic mass is 32.1. The molecule has 0 spiro atoms. The van der Waals surface area contributed by atoms with Gasteiger partial charge in [0.1, 0.15) is 11.9 Å². The smallest absolute Gasteiger partial charge is 0.405 e. The number of alkyl halides is 4. The standard InChI is InChI=1S/C18H12F4N2O2S/c19-12-8-11(12)16(25)24-17-23-13-6-5-9(7-15(13)27-17)10-3-1-2-4-14(10)26-18(20,21)22/h1-7,11-12H,8H2,(H,23,24,25). The van der Waals surface area contributed by atoms with E-state index in [1.165, 1.54) is 29.5 Å². The normalized spacial score (nSPS) is 19.1. The highest BCUT2D eigenvalue weighted by molar-refractivity contribution is 7.22. The van der Waals surface area contributed by atoms with Gasteiger partial charge in [0, 0.05) is 5.56 Å². The third kappa shape index (κ3) is 3.87. The highest BCUT2D eigenvalue weighted by Crippen LogP contribution is 2.38. The SMILES string of the molecule is O=C(Nc1nc2ccc(-c3ccccc3OC(F)(F)F)cc2s1)C1CC1F. The van der Waals surface area contributed by atoms with Crippen molar-refractivity contribution in [2.24, 2.45) is 5.92 Å². The molecule has 2 atom stereocenters. The lowest BCUT2D eigenvalue weighted by Crippen LogP contribution is -2.17. The summed E-state index contributed by atoms with van der Waals surface area (Å²) in [5, 5.41) is 2.91. The topological polar surface area (TPSA) is 51.2 Å². The summed E-state index contributed by atoms with van der Waals surface area (Å²) < 4.78 is 55.6. The molecule has 2 aromatic carbocycles. The van der Waals surface area contributed by atoms with Crippen molar-refractivity contribution in [3.63, 3.8) is 0 Å². The van der Waals surface area contributed by atoms with Gasteiger partial charge in [-0.05, 0) is 30.2 Å². The van der Waals surface area contributed by atoms with Gasteiger partial charge < -0.3 is 10.1 Å². The van der Waals surface area contributed by atoms with E-state index in [1.54, 1.807) is 24.3 Å². The molecule has 1 saturated carbocycles. The van der Waals surface area contributed by atoms with Gasteiger partial charge in [-0.2, -0.15) is 0 Å². The monoisotopic (exact) mass is 396 g/mol. The van der Waals surface area contributed by atoms with Gasteiger partial charge >= 0.3 is 6.36 Å². The second-order valence-electron chi connectivity index (χ2n) is 6.09. The summed E-state index contributed by atoms with van der Waals surface area (Å²) in [4.78, 5) is 16.1. The fourth-order valence-electron chi connectivity index (χ4n) is 2.70. The Balaban J connectivity index is 1.63. The van der Waals surface area contributed by atoms with Gasteiger partial charge in [-0.15, -0.1) is 13.2 Å². The molecule has 1 N–H and O–H groups in total. The zero-order chi connectivity index (χ0) is 19.2. The van der Waals surface area contributed by atoms with Gasteiger partial charge in [-0.25, -0.2) is 9.37 Å². The minimum absolute atomic E-state index is 0.219. The van der Waals surface area contributed by atoms with Crippen LogP contribution in [0.1, 0.15) is 6.42 Å². The van der Waals surface area contributed by atoms with E-state index in [4.69, 9.17) is 0 Å². The molecule has 0 aliphatic heterocycles. The first-order chi connectivity index (χ1) is 12.8. The number of para-hydroxylation sites is 1. The molecule has 27 heavy (non-hydrogen) atoms. The van der Waals surface area contributed by atoms with Crippen LogP contribution >= 0.6 is 11.3 Å². The van der Waals surface area contributed by atoms with E-state index in [1.807, 2.05) is 0 Å². The van der Waals surface area contributed by atoms with Gasteiger partial charge in [0.2, 0.25) is 5.91 Å². The lowest BCUT2D eigenvalue weighted by Gasteiger charge is -2.13. The molecule has 1 aliphatic carbocycles. The average Bonchev–Trinajstić information content (AvgIpc) is 3.19. The summed E-state index contributed by atoms with van der Waals surface area (Å²) >= 11 is 1.17. The first-order valence-electron chi connectivity index (χ1n) is 8.01. The lowest BCUT2D eigenvalue weighted by atomic mass is 10.0. The predicted molar refractivity (Wildman–Crippen MR) is 93.4 cm³/mol. The first kappa shape index (κ1) is 17.7. The number of carbonyl (C=O) groups is 1. The van der Waals surface area contributed by atoms with Crippen molar-refractivity contribution in [1.82, 2.24) is 4.98 Å². The number of anilines is 1. The molecule has 1 heterocycles. The quantitative estimate of drug-likeness (QED) is 0.620. The van der Waals surface area contributed by atoms with Crippen LogP contribution in [0.4, 0.5) is 22.7 Å². The van der Waals surface area contributed by atoms with Gasteiger partial charge in [0.05, 0.1) is 16.1 Å². The molecule has 0 radical (unpaired) electrons. The molecule has 4 nitrogen and oxygen atoms in total. The van der Waals surface area contributed by atoms with Gasteiger partial charge in [-0.1, -0.05) is 35.6 Å². The maximum absolute atomic E-state index is 13.0. The van der Waals surface area contributed by atoms with E-state index in [9.17, 15) is 22.4 Å². The summed E-state index contributed by atoms with van der Waals surface area (Å²) in [7, 11) is 0. The number of thiazole rings is 1. The van der Waals surface area contributed by atoms with E-state index >= 15 is 0 Å². The Hall–Kier alpha value is -2.68. The van der Waals surface area contributed by atoms with Crippen molar-refractivity contribution < 1.29 is 27.1 Å². The Morgan fingerprint density at radius 2 is 1.96 bits per heavy atom. The molecule has 0 saturated heterocycles. The number of aromatic nitrogens is 1. The summed E-state index contributed by atoms with van der Waals surface area (Å²) in [6.07, 6.45) is -5.67. The average molecular weight is 396 g/mol. The maximum Gasteiger partial charge on any atom is 0.573 e. The number of hydrogen-bond donors (Lipinski definition) is 1. The Kier molecular flexibility index (Phi) is 4.26. The minimum Gasteiger partial charge on any atom is -0.405 e. The Labute approximate surface area is 154 Å². The fourth-order valence-corrected chi connectivity index (χ4v) is 3.61. The summed E-state index contributed by atoms with van der Waals surface area (Å²) in [6.45, 7) is 0. The Morgan fingerprint density at radius 3 is 2.67 bits per heavy atom. The van der Waals surface area contributed by atoms with Crippen molar-refractivity contribution in [1.29, 1.82) is 0 Å². The number of hydrogen-bond acceptors (Lipinski definition) is 4. The molecule has 1 aliphatic rings. The largest absolute Gasteiger partial charge is 0.573 e. The van der Waals surface area contributed by atoms with E-state index in [0.717, 1.165) is 0 Å². The minimum atomic E-state index is -4.79. The molecule has 1 fully saturated rings. The molecule has 1 amide bonds. The van der Waals surface area contributed by atoms with E-state index in [2.05, 4.69) is 15.0 Å². The van der Waals surface area contributed by atoms with Crippen molar-refractivity contribution >= 4 is 32.6 Å². The second-order valence-corrected chi connectivity index (χ2v) is 7.12. The number of carbonyl (C=O) groups excluding carboxylic acids is 1. The van der Waals surface area contributed by atoms with Crippen molar-refractivity contribution in [2.45, 2.75) is 19.0 Å². The van der Waals surface area contributed by atoms with Crippen molar-refractivity contribution in [2.75, 3.05) is 5.32 Å². The molecule has 9 heteroatoms. The summed E-state index contributed by atoms with van der Waals surface area (Å²) in [5.41, 5.74) is 1.39. The van der Waals surface area contributed by atoms with Crippen LogP contribution in [0.3, 0.4) is 0 Å². The van der Waals surface area contributed by atoms with Gasteiger partial charge in [0.15, 0.2) is 5.13 Å². The molecule has 140 valence electrons. The van der Waals surface area contributed by atoms with Gasteiger partial charge in [-0.3, -0.25) is 4.79 Å². The maximum atomic E-state index is 13.0. The number of nitrogens with one attached hydrogen (secondary N) is 1. The number of nitrogens with zero attached hydrogens (tertiary/aromatic N) is 1. The molecular formula is C18H12F4N2O2S. The molecule has 2 unspecified atom stereocenters. The molecule has 3 aromatic rings. The van der Waals surface area contributed by atoms with Crippen LogP contribution in [0, 0.1) is 5.92 Å². The van der Waals surface area contributed by atoms with Crippen LogP contribution in [-0.4, -0.2) is 23.4 Å². The van der Waals surface area contributed by atoms with Gasteiger partial charge in [0.25, 0.3) is 0 Å². The summed E-state index contributed by atoms with van der Waals surface area (Å²) in [5.74, 6) is -1.34. The third-order valence-corrected chi connectivity index (χ3v) is 5.03. The first-order valence-corrected chi connectivity index (χ1v) is 8.82. The van der Waals surface area contributed by atoms with E-state index in [0.29, 0.717) is 20.9 Å². The molecule has 0 bridgehead atoms. The zero-order valence-corrected chi connectivity index (χ0v) is 14.4. The number of amides is 1. The second kappa shape index (κ2) is 6.49. The zero-order valence-electron chi connectivity index (χ0n) is 13.6. The number of benzene rings is 2. The van der Waals surface area contributed by atoms with Crippen LogP contribution in [0.25, 0.3) is 21.3 Å². The predicted octanol–water partition coefficient (Wildman–Crippen LogP) is 5.16. The van der Waals surface area contributed by atoms with Crippen LogP contribution in [0.2, 0.25) is 0 Å². The highest BCUT2D eigenvalue weighted by Gasteiger charge is 2.43. The van der Waals surface area contributed by atoms with E-state index in [-0.39, 0.29) is 17.7 Å². The molecule has 4 rings (SSSR count). The van der Waals surface area contributed by atoms with Crippen molar-refractivity contribution in [3.05, 3.63) is 42.5 Å². The number of rotatable bonds is 4. The molecule has 1 aromatic heterocycles. The van der Waals surface area contributed by atoms with Crippen LogP contribution in [-0.2, 0) is 4.79 Å². The van der Waals surface area contributed by atoms with Crippen molar-refractivity contribution in [3.8, 4) is 16.9 Å². The number of halogens is 4. The Bertz CT molecular complexity index is 1020. The van der Waals surface area contributed by atoms with Crippen LogP contribution in [0.5, 0.6) is 5.75 Å². The number of fused-ring (bicyclic) bond motifs is 1. The molecular weight excluding hydrogens is 384 g/mol. The fraction of sp³-hybridized carbons (Fsp3) is 0.222. The number of ether oxygens (including phenoxy) is 1. The van der Waals surface area contributed by atoms with E-state index < -0.39 is 24.4 Å². The third-order valence-electron chi connectivity index (χ3n) is 4.09. The lowest BCUT2D eigenvalue weighted by molar-refractivity contribution is -0.274. The Morgan fingerprint density at radius 1 is 1.22 bits per heavy atom. The van der Waals surface area contributed by atoms with Crippen LogP contribution in [0.15, 0.2) is 42.5 Å².